The molecule has 1 aliphatic carbocycles. The van der Waals surface area contributed by atoms with Gasteiger partial charge in [0.15, 0.2) is 17.5 Å². The van der Waals surface area contributed by atoms with Crippen molar-refractivity contribution in [1.29, 1.82) is 0 Å². The summed E-state index contributed by atoms with van der Waals surface area (Å²) in [5.41, 5.74) is 15.3. The Hall–Kier alpha value is -7.63. The van der Waals surface area contributed by atoms with Gasteiger partial charge in [-0.05, 0) is 69.8 Å². The summed E-state index contributed by atoms with van der Waals surface area (Å²) in [5.74, 6) is 1.83. The van der Waals surface area contributed by atoms with Crippen molar-refractivity contribution in [2.45, 2.75) is 19.3 Å². The zero-order chi connectivity index (χ0) is 39.2. The second-order valence-electron chi connectivity index (χ2n) is 16.0. The van der Waals surface area contributed by atoms with Gasteiger partial charge in [-0.2, -0.15) is 0 Å². The van der Waals surface area contributed by atoms with Crippen molar-refractivity contribution >= 4 is 43.7 Å². The molecule has 0 N–H and O–H groups in total. The molecule has 0 atom stereocenters. The van der Waals surface area contributed by atoms with Crippen LogP contribution in [0.2, 0.25) is 0 Å². The van der Waals surface area contributed by atoms with Crippen molar-refractivity contribution in [1.82, 2.24) is 19.5 Å². The normalized spacial score (nSPS) is 13.1. The highest BCUT2D eigenvalue weighted by atomic mass is 16.3. The summed E-state index contributed by atoms with van der Waals surface area (Å²) in [4.78, 5) is 15.3. The van der Waals surface area contributed by atoms with Gasteiger partial charge in [0, 0.05) is 55.4 Å². The van der Waals surface area contributed by atoms with Crippen LogP contribution in [0.25, 0.3) is 106 Å². The molecule has 278 valence electrons. The molecule has 0 unspecified atom stereocenters. The van der Waals surface area contributed by atoms with Crippen molar-refractivity contribution in [2.24, 2.45) is 0 Å². The van der Waals surface area contributed by atoms with Crippen LogP contribution in [-0.2, 0) is 5.41 Å². The second-order valence-corrected chi connectivity index (χ2v) is 16.0. The van der Waals surface area contributed by atoms with Crippen LogP contribution in [-0.4, -0.2) is 19.5 Å². The smallest absolute Gasteiger partial charge is 0.164 e. The Morgan fingerprint density at radius 1 is 0.407 bits per heavy atom. The lowest BCUT2D eigenvalue weighted by Crippen LogP contribution is -2.14. The lowest BCUT2D eigenvalue weighted by molar-refractivity contribution is 0.661. The van der Waals surface area contributed by atoms with E-state index in [1.165, 1.54) is 44.1 Å². The fourth-order valence-electron chi connectivity index (χ4n) is 9.37. The summed E-state index contributed by atoms with van der Waals surface area (Å²) >= 11 is 0. The van der Waals surface area contributed by atoms with Crippen molar-refractivity contribution in [3.8, 4) is 62.1 Å². The van der Waals surface area contributed by atoms with Crippen LogP contribution in [0.5, 0.6) is 0 Å². The molecule has 3 aromatic heterocycles. The maximum absolute atomic E-state index is 6.73. The van der Waals surface area contributed by atoms with Crippen LogP contribution in [0.4, 0.5) is 0 Å². The highest BCUT2D eigenvalue weighted by molar-refractivity contribution is 6.14. The van der Waals surface area contributed by atoms with Crippen molar-refractivity contribution < 1.29 is 4.42 Å². The molecule has 0 spiro atoms. The fraction of sp³-hybridized carbons (Fsp3) is 0.0556. The lowest BCUT2D eigenvalue weighted by Gasteiger charge is -2.21. The van der Waals surface area contributed by atoms with E-state index in [9.17, 15) is 0 Å². The first-order valence-electron chi connectivity index (χ1n) is 20.1. The zero-order valence-corrected chi connectivity index (χ0v) is 32.5. The van der Waals surface area contributed by atoms with Crippen LogP contribution in [0.15, 0.2) is 186 Å². The summed E-state index contributed by atoms with van der Waals surface area (Å²) in [7, 11) is 0. The molecule has 5 nitrogen and oxygen atoms in total. The van der Waals surface area contributed by atoms with Crippen LogP contribution in [0.1, 0.15) is 25.0 Å². The molecule has 0 radical (unpaired) electrons. The number of nitrogens with zero attached hydrogens (tertiary/aromatic N) is 4. The number of hydrogen-bond donors (Lipinski definition) is 0. The number of benzene rings is 8. The van der Waals surface area contributed by atoms with E-state index in [2.05, 4.69) is 152 Å². The summed E-state index contributed by atoms with van der Waals surface area (Å²) in [6, 6.07) is 64.1. The average Bonchev–Trinajstić information content (AvgIpc) is 3.91. The molecule has 0 fully saturated rings. The quantitative estimate of drug-likeness (QED) is 0.175. The number of para-hydroxylation sites is 1. The Morgan fingerprint density at radius 3 is 1.83 bits per heavy atom. The molecular formula is C54H36N4O. The Bertz CT molecular complexity index is 3450. The Balaban J connectivity index is 1.02. The van der Waals surface area contributed by atoms with Crippen molar-refractivity contribution in [2.75, 3.05) is 0 Å². The minimum Gasteiger partial charge on any atom is -0.456 e. The largest absolute Gasteiger partial charge is 0.456 e. The molecule has 5 heteroatoms. The monoisotopic (exact) mass is 756 g/mol. The van der Waals surface area contributed by atoms with Crippen molar-refractivity contribution in [3.63, 3.8) is 0 Å². The SMILES string of the molecule is CC1(C)c2ccccc2-c2cc3c(cc21)c1ccccc1n3-c1ccc2c(c1)oc1cccc(-c3nc(-c4ccccc4)nc(-c4ccc(-c5ccccc5)cc4)n3)c12. The molecule has 12 rings (SSSR count). The first-order chi connectivity index (χ1) is 29.0. The lowest BCUT2D eigenvalue weighted by atomic mass is 9.82. The molecule has 59 heavy (non-hydrogen) atoms. The summed E-state index contributed by atoms with van der Waals surface area (Å²) in [5, 5.41) is 4.47. The summed E-state index contributed by atoms with van der Waals surface area (Å²) < 4.78 is 9.11. The van der Waals surface area contributed by atoms with E-state index < -0.39 is 0 Å². The van der Waals surface area contributed by atoms with Gasteiger partial charge in [-0.15, -0.1) is 0 Å². The third-order valence-corrected chi connectivity index (χ3v) is 12.3. The van der Waals surface area contributed by atoms with E-state index in [-0.39, 0.29) is 5.41 Å². The van der Waals surface area contributed by atoms with Gasteiger partial charge in [-0.1, -0.05) is 153 Å². The predicted octanol–water partition coefficient (Wildman–Crippen LogP) is 13.8. The molecule has 0 saturated heterocycles. The Labute approximate surface area is 340 Å². The fourth-order valence-corrected chi connectivity index (χ4v) is 9.37. The van der Waals surface area contributed by atoms with E-state index in [1.807, 2.05) is 48.5 Å². The number of furan rings is 1. The van der Waals surface area contributed by atoms with Gasteiger partial charge in [0.2, 0.25) is 0 Å². The maximum atomic E-state index is 6.73. The topological polar surface area (TPSA) is 56.7 Å². The highest BCUT2D eigenvalue weighted by Gasteiger charge is 2.36. The second kappa shape index (κ2) is 12.7. The summed E-state index contributed by atoms with van der Waals surface area (Å²) in [6.07, 6.45) is 0. The molecule has 0 aliphatic heterocycles. The molecule has 1 aliphatic rings. The van der Waals surface area contributed by atoms with Gasteiger partial charge in [0.05, 0.1) is 11.0 Å². The van der Waals surface area contributed by atoms with Gasteiger partial charge in [0.25, 0.3) is 0 Å². The van der Waals surface area contributed by atoms with Gasteiger partial charge in [-0.3, -0.25) is 0 Å². The molecule has 0 saturated carbocycles. The number of aromatic nitrogens is 4. The molecule has 8 aromatic carbocycles. The molecule has 0 amide bonds. The highest BCUT2D eigenvalue weighted by Crippen LogP contribution is 2.51. The third-order valence-electron chi connectivity index (χ3n) is 12.3. The Kier molecular flexibility index (Phi) is 7.20. The Morgan fingerprint density at radius 2 is 1.03 bits per heavy atom. The molecule has 11 aromatic rings. The van der Waals surface area contributed by atoms with Gasteiger partial charge >= 0.3 is 0 Å². The minimum atomic E-state index is -0.0810. The third kappa shape index (κ3) is 5.14. The van der Waals surface area contributed by atoms with E-state index in [0.717, 1.165) is 55.4 Å². The molecular weight excluding hydrogens is 721 g/mol. The van der Waals surface area contributed by atoms with Crippen LogP contribution in [0, 0.1) is 0 Å². The molecule has 3 heterocycles. The standard InChI is InChI=1S/C54H36N4O/c1-54(2)44-21-11-9-18-38(44)42-32-47-43(31-45(42)54)39-19-10-12-22-46(39)58(47)37-28-29-40-49(30-37)59-48-23-13-20-41(50(40)48)53-56-51(35-16-7-4-8-17-35)55-52(57-53)36-26-24-34(25-27-36)33-14-5-3-6-15-33/h3-32H,1-2H3. The van der Waals surface area contributed by atoms with E-state index in [1.54, 1.807) is 0 Å². The van der Waals surface area contributed by atoms with Crippen LogP contribution in [0.3, 0.4) is 0 Å². The first kappa shape index (κ1) is 33.5. The van der Waals surface area contributed by atoms with Crippen molar-refractivity contribution in [3.05, 3.63) is 193 Å². The maximum Gasteiger partial charge on any atom is 0.164 e. The first-order valence-corrected chi connectivity index (χ1v) is 20.1. The van der Waals surface area contributed by atoms with E-state index in [4.69, 9.17) is 19.4 Å². The average molecular weight is 757 g/mol. The summed E-state index contributed by atoms with van der Waals surface area (Å²) in [6.45, 7) is 4.69. The number of hydrogen-bond acceptors (Lipinski definition) is 4. The predicted molar refractivity (Wildman–Crippen MR) is 241 cm³/mol. The zero-order valence-electron chi connectivity index (χ0n) is 32.5. The van der Waals surface area contributed by atoms with Gasteiger partial charge in [-0.25, -0.2) is 15.0 Å². The van der Waals surface area contributed by atoms with Crippen LogP contribution < -0.4 is 0 Å². The van der Waals surface area contributed by atoms with E-state index >= 15 is 0 Å². The minimum absolute atomic E-state index is 0.0810. The van der Waals surface area contributed by atoms with Gasteiger partial charge in [0.1, 0.15) is 11.2 Å². The number of fused-ring (bicyclic) bond motifs is 9. The molecule has 0 bridgehead atoms. The van der Waals surface area contributed by atoms with E-state index in [0.29, 0.717) is 17.5 Å². The van der Waals surface area contributed by atoms with Crippen LogP contribution >= 0.6 is 0 Å². The number of rotatable bonds is 5. The van der Waals surface area contributed by atoms with Gasteiger partial charge < -0.3 is 8.98 Å².